The topological polar surface area (TPSA) is 82.9 Å². The molecular weight excluding hydrogens is 382 g/mol. The summed E-state index contributed by atoms with van der Waals surface area (Å²) < 4.78 is 5.22. The Morgan fingerprint density at radius 1 is 1.17 bits per heavy atom. The molecule has 1 N–H and O–H groups in total. The van der Waals surface area contributed by atoms with Crippen LogP contribution in [0.25, 0.3) is 0 Å². The number of carbonyl (C=O) groups excluding carboxylic acids is 3. The third-order valence-electron chi connectivity index (χ3n) is 5.48. The molecule has 160 valence electrons. The molecule has 0 saturated carbocycles. The molecule has 1 fully saturated rings. The maximum atomic E-state index is 13.1. The number of anilines is 1. The van der Waals surface area contributed by atoms with Crippen molar-refractivity contribution in [2.24, 2.45) is 0 Å². The van der Waals surface area contributed by atoms with E-state index in [0.717, 1.165) is 35.2 Å². The summed E-state index contributed by atoms with van der Waals surface area (Å²) >= 11 is 0. The maximum Gasteiger partial charge on any atom is 0.290 e. The first-order valence-electron chi connectivity index (χ1n) is 10.2. The molecule has 1 aromatic heterocycles. The molecule has 1 aromatic carbocycles. The zero-order valence-electron chi connectivity index (χ0n) is 18.0. The van der Waals surface area contributed by atoms with Gasteiger partial charge in [0.25, 0.3) is 5.91 Å². The van der Waals surface area contributed by atoms with Gasteiger partial charge >= 0.3 is 0 Å². The number of furan rings is 1. The first-order valence-corrected chi connectivity index (χ1v) is 10.2. The third-order valence-corrected chi connectivity index (χ3v) is 5.48. The van der Waals surface area contributed by atoms with Gasteiger partial charge in [-0.2, -0.15) is 0 Å². The van der Waals surface area contributed by atoms with Gasteiger partial charge < -0.3 is 19.5 Å². The van der Waals surface area contributed by atoms with Crippen molar-refractivity contribution in [2.75, 3.05) is 25.5 Å². The summed E-state index contributed by atoms with van der Waals surface area (Å²) in [5.41, 5.74) is 3.88. The molecule has 30 heavy (non-hydrogen) atoms. The van der Waals surface area contributed by atoms with Crippen LogP contribution in [0.5, 0.6) is 0 Å². The Labute approximate surface area is 177 Å². The van der Waals surface area contributed by atoms with Crippen molar-refractivity contribution in [1.82, 2.24) is 9.80 Å². The Morgan fingerprint density at radius 2 is 1.87 bits per heavy atom. The minimum atomic E-state index is -0.586. The quantitative estimate of drug-likeness (QED) is 0.818. The molecule has 7 heteroatoms. The summed E-state index contributed by atoms with van der Waals surface area (Å²) in [5, 5.41) is 2.92. The monoisotopic (exact) mass is 411 g/mol. The van der Waals surface area contributed by atoms with Gasteiger partial charge in [0.15, 0.2) is 5.76 Å². The molecule has 1 unspecified atom stereocenters. The minimum Gasteiger partial charge on any atom is -0.459 e. The average Bonchev–Trinajstić information content (AvgIpc) is 3.24. The summed E-state index contributed by atoms with van der Waals surface area (Å²) in [6, 6.07) is 6.69. The molecule has 1 atom stereocenters. The standard InChI is InChI=1S/C23H29N3O4/c1-15-12-16(2)21(17(3)13-15)24-20(27)14-25(4)22(28)18-8-5-6-10-26(18)23(29)19-9-7-11-30-19/h7,9,11-13,18H,5-6,8,10,14H2,1-4H3,(H,24,27). The molecule has 0 spiro atoms. The molecule has 0 bridgehead atoms. The van der Waals surface area contributed by atoms with Crippen molar-refractivity contribution in [2.45, 2.75) is 46.1 Å². The largest absolute Gasteiger partial charge is 0.459 e. The molecule has 2 heterocycles. The lowest BCUT2D eigenvalue weighted by atomic mass is 10.0. The molecule has 7 nitrogen and oxygen atoms in total. The number of likely N-dealkylation sites (tertiary alicyclic amines) is 1. The van der Waals surface area contributed by atoms with Crippen molar-refractivity contribution in [1.29, 1.82) is 0 Å². The van der Waals surface area contributed by atoms with Gasteiger partial charge in [-0.15, -0.1) is 0 Å². The molecule has 0 aliphatic carbocycles. The summed E-state index contributed by atoms with van der Waals surface area (Å²) in [6.07, 6.45) is 3.72. The number of likely N-dealkylation sites (N-methyl/N-ethyl adjacent to an activating group) is 1. The Kier molecular flexibility index (Phi) is 6.59. The van der Waals surface area contributed by atoms with E-state index in [1.165, 1.54) is 11.2 Å². The minimum absolute atomic E-state index is 0.0785. The molecule has 1 aliphatic heterocycles. The number of rotatable bonds is 5. The highest BCUT2D eigenvalue weighted by Gasteiger charge is 2.35. The third kappa shape index (κ3) is 4.72. The number of hydrogen-bond acceptors (Lipinski definition) is 4. The van der Waals surface area contributed by atoms with E-state index in [2.05, 4.69) is 5.32 Å². The Morgan fingerprint density at radius 3 is 2.50 bits per heavy atom. The lowest BCUT2D eigenvalue weighted by Gasteiger charge is -2.36. The van der Waals surface area contributed by atoms with Crippen molar-refractivity contribution in [3.05, 3.63) is 53.0 Å². The highest BCUT2D eigenvalue weighted by molar-refractivity contribution is 5.98. The number of nitrogens with zero attached hydrogens (tertiary/aromatic N) is 2. The van der Waals surface area contributed by atoms with Crippen molar-refractivity contribution >= 4 is 23.4 Å². The van der Waals surface area contributed by atoms with Crippen LogP contribution in [0.1, 0.15) is 46.5 Å². The molecule has 3 amide bonds. The molecule has 3 rings (SSSR count). The van der Waals surface area contributed by atoms with E-state index in [0.29, 0.717) is 13.0 Å². The number of nitrogens with one attached hydrogen (secondary N) is 1. The van der Waals surface area contributed by atoms with E-state index in [1.54, 1.807) is 24.1 Å². The number of aryl methyl sites for hydroxylation is 3. The molecular formula is C23H29N3O4. The smallest absolute Gasteiger partial charge is 0.290 e. The zero-order chi connectivity index (χ0) is 21.8. The van der Waals surface area contributed by atoms with Gasteiger partial charge in [-0.1, -0.05) is 17.7 Å². The van der Waals surface area contributed by atoms with Crippen LogP contribution in [-0.2, 0) is 9.59 Å². The fourth-order valence-corrected chi connectivity index (χ4v) is 4.08. The number of benzene rings is 1. The highest BCUT2D eigenvalue weighted by Crippen LogP contribution is 2.23. The van der Waals surface area contributed by atoms with Crippen molar-refractivity contribution in [3.63, 3.8) is 0 Å². The van der Waals surface area contributed by atoms with Crippen LogP contribution < -0.4 is 5.32 Å². The van der Waals surface area contributed by atoms with E-state index in [4.69, 9.17) is 4.42 Å². The molecule has 0 radical (unpaired) electrons. The number of piperidine rings is 1. The second kappa shape index (κ2) is 9.15. The van der Waals surface area contributed by atoms with E-state index in [-0.39, 0.29) is 30.0 Å². The summed E-state index contributed by atoms with van der Waals surface area (Å²) in [5.74, 6) is -0.565. The summed E-state index contributed by atoms with van der Waals surface area (Å²) in [6.45, 7) is 6.33. The average molecular weight is 412 g/mol. The van der Waals surface area contributed by atoms with Crippen molar-refractivity contribution < 1.29 is 18.8 Å². The predicted octanol–water partition coefficient (Wildman–Crippen LogP) is 3.30. The van der Waals surface area contributed by atoms with E-state index >= 15 is 0 Å². The van der Waals surface area contributed by atoms with Gasteiger partial charge in [0.2, 0.25) is 11.8 Å². The Bertz CT molecular complexity index is 913. The second-order valence-electron chi connectivity index (χ2n) is 8.00. The Balaban J connectivity index is 1.66. The summed E-state index contributed by atoms with van der Waals surface area (Å²) in [7, 11) is 1.60. The van der Waals surface area contributed by atoms with Gasteiger partial charge in [-0.05, 0) is 63.3 Å². The van der Waals surface area contributed by atoms with Crippen LogP contribution in [-0.4, -0.2) is 53.7 Å². The van der Waals surface area contributed by atoms with Crippen LogP contribution >= 0.6 is 0 Å². The van der Waals surface area contributed by atoms with Gasteiger partial charge in [0.1, 0.15) is 6.04 Å². The first kappa shape index (κ1) is 21.6. The fourth-order valence-electron chi connectivity index (χ4n) is 4.08. The van der Waals surface area contributed by atoms with Crippen LogP contribution in [0.2, 0.25) is 0 Å². The normalized spacial score (nSPS) is 16.3. The van der Waals surface area contributed by atoms with Gasteiger partial charge in [-0.3, -0.25) is 14.4 Å². The number of hydrogen-bond donors (Lipinski definition) is 1. The van der Waals surface area contributed by atoms with E-state index in [9.17, 15) is 14.4 Å². The number of carbonyl (C=O) groups is 3. The van der Waals surface area contributed by atoms with Crippen LogP contribution in [0.4, 0.5) is 5.69 Å². The Hall–Kier alpha value is -3.09. The molecule has 1 aliphatic rings. The van der Waals surface area contributed by atoms with Crippen LogP contribution in [0.3, 0.4) is 0 Å². The predicted molar refractivity (Wildman–Crippen MR) is 114 cm³/mol. The van der Waals surface area contributed by atoms with Gasteiger partial charge in [0.05, 0.1) is 12.8 Å². The van der Waals surface area contributed by atoms with E-state index < -0.39 is 6.04 Å². The lowest BCUT2D eigenvalue weighted by molar-refractivity contribution is -0.138. The fraction of sp³-hybridized carbons (Fsp3) is 0.435. The van der Waals surface area contributed by atoms with Crippen LogP contribution in [0, 0.1) is 20.8 Å². The SMILES string of the molecule is Cc1cc(C)c(NC(=O)CN(C)C(=O)C2CCCCN2C(=O)c2ccco2)c(C)c1. The van der Waals surface area contributed by atoms with Crippen molar-refractivity contribution in [3.8, 4) is 0 Å². The van der Waals surface area contributed by atoms with Gasteiger partial charge in [-0.25, -0.2) is 0 Å². The first-order chi connectivity index (χ1) is 14.3. The lowest BCUT2D eigenvalue weighted by Crippen LogP contribution is -2.53. The van der Waals surface area contributed by atoms with Gasteiger partial charge in [0, 0.05) is 19.3 Å². The molecule has 1 saturated heterocycles. The molecule has 2 aromatic rings. The number of amides is 3. The second-order valence-corrected chi connectivity index (χ2v) is 8.00. The van der Waals surface area contributed by atoms with Crippen LogP contribution in [0.15, 0.2) is 34.9 Å². The zero-order valence-corrected chi connectivity index (χ0v) is 18.0. The summed E-state index contributed by atoms with van der Waals surface area (Å²) in [4.78, 5) is 41.4. The maximum absolute atomic E-state index is 13.1. The van der Waals surface area contributed by atoms with E-state index in [1.807, 2.05) is 32.9 Å². The highest BCUT2D eigenvalue weighted by atomic mass is 16.3.